The first-order valence-corrected chi connectivity index (χ1v) is 7.14. The molecule has 0 spiro atoms. The molecule has 1 fully saturated rings. The quantitative estimate of drug-likeness (QED) is 0.848. The average molecular weight is 316 g/mol. The van der Waals surface area contributed by atoms with Crippen LogP contribution in [0, 0.1) is 17.3 Å². The lowest BCUT2D eigenvalue weighted by molar-refractivity contribution is -0.140. The van der Waals surface area contributed by atoms with Gasteiger partial charge in [-0.25, -0.2) is 0 Å². The molecule has 0 radical (unpaired) electrons. The standard InChI is InChI=1S/C15H16N4O4/c1-15(2)10(11(15)14(21)22)13(20)17-7-9-18-12(19-23-9)8-4-3-5-16-6-8/h3-6,10-11H,7H2,1-2H3,(H,17,20)(H,21,22)/t10-,11+/m1/s1. The summed E-state index contributed by atoms with van der Waals surface area (Å²) in [5.41, 5.74) is 0.175. The molecule has 1 saturated carbocycles. The SMILES string of the molecule is CC1(C)[C@H](C(=O)O)[C@@H]1C(=O)NCc1nc(-c2cccnc2)no1. The number of amides is 1. The lowest BCUT2D eigenvalue weighted by Gasteiger charge is -2.02. The minimum atomic E-state index is -0.952. The van der Waals surface area contributed by atoms with Crippen molar-refractivity contribution < 1.29 is 19.2 Å². The first kappa shape index (κ1) is 15.1. The van der Waals surface area contributed by atoms with Crippen molar-refractivity contribution in [2.75, 3.05) is 0 Å². The lowest BCUT2D eigenvalue weighted by atomic mass is 10.1. The topological polar surface area (TPSA) is 118 Å². The van der Waals surface area contributed by atoms with Gasteiger partial charge in [0, 0.05) is 18.0 Å². The van der Waals surface area contributed by atoms with E-state index in [2.05, 4.69) is 20.4 Å². The van der Waals surface area contributed by atoms with Crippen molar-refractivity contribution >= 4 is 11.9 Å². The summed E-state index contributed by atoms with van der Waals surface area (Å²) in [5.74, 6) is -1.83. The fraction of sp³-hybridized carbons (Fsp3) is 0.400. The van der Waals surface area contributed by atoms with Gasteiger partial charge in [0.1, 0.15) is 0 Å². The van der Waals surface area contributed by atoms with Crippen molar-refractivity contribution in [3.05, 3.63) is 30.4 Å². The average Bonchev–Trinajstić information content (AvgIpc) is 2.88. The van der Waals surface area contributed by atoms with Gasteiger partial charge in [0.15, 0.2) is 0 Å². The van der Waals surface area contributed by atoms with Crippen LogP contribution >= 0.6 is 0 Å². The number of aliphatic carboxylic acids is 1. The van der Waals surface area contributed by atoms with E-state index in [4.69, 9.17) is 9.63 Å². The number of carbonyl (C=O) groups excluding carboxylic acids is 1. The molecule has 0 bridgehead atoms. The highest BCUT2D eigenvalue weighted by Gasteiger charge is 2.65. The van der Waals surface area contributed by atoms with E-state index in [-0.39, 0.29) is 18.3 Å². The molecule has 2 heterocycles. The zero-order valence-electron chi connectivity index (χ0n) is 12.7. The summed E-state index contributed by atoms with van der Waals surface area (Å²) in [7, 11) is 0. The van der Waals surface area contributed by atoms with Crippen molar-refractivity contribution in [2.24, 2.45) is 17.3 Å². The van der Waals surface area contributed by atoms with Crippen molar-refractivity contribution in [3.63, 3.8) is 0 Å². The fourth-order valence-corrected chi connectivity index (χ4v) is 2.80. The Morgan fingerprint density at radius 1 is 1.39 bits per heavy atom. The van der Waals surface area contributed by atoms with Gasteiger partial charge in [0.05, 0.1) is 18.4 Å². The summed E-state index contributed by atoms with van der Waals surface area (Å²) in [6.07, 6.45) is 3.25. The maximum atomic E-state index is 12.1. The highest BCUT2D eigenvalue weighted by atomic mass is 16.5. The highest BCUT2D eigenvalue weighted by Crippen LogP contribution is 2.58. The Balaban J connectivity index is 1.61. The van der Waals surface area contributed by atoms with E-state index >= 15 is 0 Å². The van der Waals surface area contributed by atoms with Gasteiger partial charge in [0.2, 0.25) is 17.6 Å². The zero-order valence-corrected chi connectivity index (χ0v) is 12.7. The van der Waals surface area contributed by atoms with Crippen LogP contribution in [-0.4, -0.2) is 32.1 Å². The van der Waals surface area contributed by atoms with E-state index in [1.807, 2.05) is 0 Å². The first-order valence-electron chi connectivity index (χ1n) is 7.14. The summed E-state index contributed by atoms with van der Waals surface area (Å²) < 4.78 is 5.08. The van der Waals surface area contributed by atoms with Crippen molar-refractivity contribution in [1.82, 2.24) is 20.4 Å². The number of pyridine rings is 1. The number of carboxylic acids is 1. The molecular formula is C15H16N4O4. The van der Waals surface area contributed by atoms with Gasteiger partial charge in [-0.3, -0.25) is 14.6 Å². The van der Waals surface area contributed by atoms with Gasteiger partial charge < -0.3 is 14.9 Å². The molecule has 2 aromatic heterocycles. The molecule has 0 saturated heterocycles. The second kappa shape index (κ2) is 5.45. The molecule has 0 aliphatic heterocycles. The van der Waals surface area contributed by atoms with E-state index in [1.54, 1.807) is 38.4 Å². The lowest BCUT2D eigenvalue weighted by Crippen LogP contribution is -2.27. The molecule has 1 aliphatic carbocycles. The normalized spacial score (nSPS) is 21.7. The van der Waals surface area contributed by atoms with E-state index in [9.17, 15) is 9.59 Å². The van der Waals surface area contributed by atoms with E-state index in [1.165, 1.54) is 0 Å². The number of carboxylic acid groups (broad SMARTS) is 1. The second-order valence-corrected chi connectivity index (χ2v) is 6.09. The number of nitrogens with zero attached hydrogens (tertiary/aromatic N) is 3. The summed E-state index contributed by atoms with van der Waals surface area (Å²) >= 11 is 0. The Morgan fingerprint density at radius 3 is 2.78 bits per heavy atom. The van der Waals surface area contributed by atoms with E-state index in [0.29, 0.717) is 11.4 Å². The molecule has 8 heteroatoms. The maximum absolute atomic E-state index is 12.1. The number of hydrogen-bond acceptors (Lipinski definition) is 6. The predicted octanol–water partition coefficient (Wildman–Crippen LogP) is 1.10. The van der Waals surface area contributed by atoms with Gasteiger partial charge in [-0.1, -0.05) is 19.0 Å². The molecule has 8 nitrogen and oxygen atoms in total. The van der Waals surface area contributed by atoms with Crippen LogP contribution in [0.1, 0.15) is 19.7 Å². The van der Waals surface area contributed by atoms with Crippen molar-refractivity contribution in [2.45, 2.75) is 20.4 Å². The Morgan fingerprint density at radius 2 is 2.17 bits per heavy atom. The van der Waals surface area contributed by atoms with Gasteiger partial charge in [-0.15, -0.1) is 0 Å². The Hall–Kier alpha value is -2.77. The third kappa shape index (κ3) is 2.79. The third-order valence-corrected chi connectivity index (χ3v) is 4.18. The largest absolute Gasteiger partial charge is 0.481 e. The number of carbonyl (C=O) groups is 2. The van der Waals surface area contributed by atoms with Crippen LogP contribution in [0.4, 0.5) is 0 Å². The molecular weight excluding hydrogens is 300 g/mol. The Bertz CT molecular complexity index is 741. The smallest absolute Gasteiger partial charge is 0.307 e. The van der Waals surface area contributed by atoms with Crippen LogP contribution in [0.3, 0.4) is 0 Å². The van der Waals surface area contributed by atoms with Crippen LogP contribution in [0.15, 0.2) is 29.0 Å². The predicted molar refractivity (Wildman–Crippen MR) is 77.8 cm³/mol. The Kier molecular flexibility index (Phi) is 3.59. The minimum Gasteiger partial charge on any atom is -0.481 e. The Labute approximate surface area is 131 Å². The van der Waals surface area contributed by atoms with Crippen LogP contribution in [0.5, 0.6) is 0 Å². The van der Waals surface area contributed by atoms with Crippen LogP contribution in [-0.2, 0) is 16.1 Å². The van der Waals surface area contributed by atoms with Crippen LogP contribution in [0.25, 0.3) is 11.4 Å². The highest BCUT2D eigenvalue weighted by molar-refractivity contribution is 5.91. The number of aromatic nitrogens is 3. The molecule has 3 rings (SSSR count). The zero-order chi connectivity index (χ0) is 16.6. The third-order valence-electron chi connectivity index (χ3n) is 4.18. The summed E-state index contributed by atoms with van der Waals surface area (Å²) in [6.45, 7) is 3.59. The molecule has 0 aromatic carbocycles. The molecule has 1 aliphatic rings. The summed E-state index contributed by atoms with van der Waals surface area (Å²) in [6, 6.07) is 3.55. The van der Waals surface area contributed by atoms with Crippen molar-refractivity contribution in [1.29, 1.82) is 0 Å². The molecule has 2 aromatic rings. The number of nitrogens with one attached hydrogen (secondary N) is 1. The van der Waals surface area contributed by atoms with E-state index in [0.717, 1.165) is 0 Å². The number of rotatable bonds is 5. The fourth-order valence-electron chi connectivity index (χ4n) is 2.80. The minimum absolute atomic E-state index is 0.0605. The molecule has 1 amide bonds. The van der Waals surface area contributed by atoms with Crippen molar-refractivity contribution in [3.8, 4) is 11.4 Å². The van der Waals surface area contributed by atoms with Gasteiger partial charge in [0.25, 0.3) is 0 Å². The monoisotopic (exact) mass is 316 g/mol. The molecule has 2 N–H and O–H groups in total. The first-order chi connectivity index (χ1) is 10.9. The second-order valence-electron chi connectivity index (χ2n) is 6.09. The van der Waals surface area contributed by atoms with Crippen LogP contribution in [0.2, 0.25) is 0 Å². The maximum Gasteiger partial charge on any atom is 0.307 e. The molecule has 0 unspecified atom stereocenters. The van der Waals surface area contributed by atoms with Gasteiger partial charge in [-0.2, -0.15) is 4.98 Å². The summed E-state index contributed by atoms with van der Waals surface area (Å²) in [4.78, 5) is 31.4. The molecule has 120 valence electrons. The molecule has 2 atom stereocenters. The van der Waals surface area contributed by atoms with E-state index < -0.39 is 23.2 Å². The summed E-state index contributed by atoms with van der Waals surface area (Å²) in [5, 5.41) is 15.6. The number of hydrogen-bond donors (Lipinski definition) is 2. The van der Waals surface area contributed by atoms with Gasteiger partial charge in [-0.05, 0) is 17.5 Å². The molecule has 23 heavy (non-hydrogen) atoms. The van der Waals surface area contributed by atoms with Crippen LogP contribution < -0.4 is 5.32 Å². The van der Waals surface area contributed by atoms with Gasteiger partial charge >= 0.3 is 5.97 Å².